The van der Waals surface area contributed by atoms with Crippen molar-refractivity contribution in [3.05, 3.63) is 72.1 Å². The molecular weight excluding hydrogens is 627 g/mol. The molecule has 0 atom stereocenters. The van der Waals surface area contributed by atoms with E-state index in [1.165, 1.54) is 0 Å². The molecule has 0 spiro atoms. The first kappa shape index (κ1) is 33.6. The lowest BCUT2D eigenvalue weighted by Crippen LogP contribution is -2.42. The number of carbonyl (C=O) groups excluding carboxylic acids is 1. The summed E-state index contributed by atoms with van der Waals surface area (Å²) < 4.78 is 38.6. The van der Waals surface area contributed by atoms with Crippen LogP contribution in [-0.4, -0.2) is 52.4 Å². The molecule has 0 aliphatic heterocycles. The van der Waals surface area contributed by atoms with Crippen molar-refractivity contribution in [3.63, 3.8) is 0 Å². The average Bonchev–Trinajstić information content (AvgIpc) is 3.60. The van der Waals surface area contributed by atoms with Crippen LogP contribution >= 0.6 is 0 Å². The van der Waals surface area contributed by atoms with E-state index in [0.29, 0.717) is 28.8 Å². The monoisotopic (exact) mass is 671 g/mol. The third-order valence-corrected chi connectivity index (χ3v) is 11.3. The number of hydrogen-bond donors (Lipinski definition) is 2. The third kappa shape index (κ3) is 8.06. The molecule has 48 heavy (non-hydrogen) atoms. The predicted molar refractivity (Wildman–Crippen MR) is 188 cm³/mol. The number of sulfone groups is 1. The van der Waals surface area contributed by atoms with E-state index >= 15 is 0 Å². The van der Waals surface area contributed by atoms with Gasteiger partial charge < -0.3 is 20.1 Å². The van der Waals surface area contributed by atoms with Gasteiger partial charge in [-0.25, -0.2) is 28.2 Å². The van der Waals surface area contributed by atoms with E-state index in [-0.39, 0.29) is 29.2 Å². The Hall–Kier alpha value is -4.25. The Morgan fingerprint density at radius 3 is 2.33 bits per heavy atom. The molecule has 0 radical (unpaired) electrons. The Morgan fingerprint density at radius 1 is 0.896 bits per heavy atom. The van der Waals surface area contributed by atoms with Gasteiger partial charge in [0.1, 0.15) is 11.4 Å². The number of anilines is 1. The maximum atomic E-state index is 13.3. The fourth-order valence-electron chi connectivity index (χ4n) is 6.80. The Labute approximate surface area is 283 Å². The number of fused-ring (bicyclic) bond motifs is 1. The van der Waals surface area contributed by atoms with Crippen molar-refractivity contribution in [2.24, 2.45) is 0 Å². The van der Waals surface area contributed by atoms with Crippen LogP contribution < -0.4 is 15.4 Å². The number of benzene rings is 2. The number of aryl methyl sites for hydroxylation is 1. The highest BCUT2D eigenvalue weighted by molar-refractivity contribution is 7.91. The molecule has 10 nitrogen and oxygen atoms in total. The van der Waals surface area contributed by atoms with E-state index in [4.69, 9.17) is 14.5 Å². The zero-order chi connectivity index (χ0) is 33.9. The van der Waals surface area contributed by atoms with Gasteiger partial charge in [0.15, 0.2) is 9.84 Å². The molecule has 2 aromatic heterocycles. The number of aromatic nitrogens is 3. The van der Waals surface area contributed by atoms with Crippen LogP contribution in [0.15, 0.2) is 60.9 Å². The maximum absolute atomic E-state index is 13.3. The average molecular weight is 672 g/mol. The lowest BCUT2D eigenvalue weighted by atomic mass is 9.91. The van der Waals surface area contributed by atoms with Crippen LogP contribution in [0.3, 0.4) is 0 Å². The van der Waals surface area contributed by atoms with Crippen LogP contribution in [0.25, 0.3) is 22.0 Å². The Bertz CT molecular complexity index is 1880. The number of amides is 1. The minimum atomic E-state index is -3.26. The maximum Gasteiger partial charge on any atom is 0.407 e. The summed E-state index contributed by atoms with van der Waals surface area (Å²) in [4.78, 5) is 26.1. The van der Waals surface area contributed by atoms with E-state index in [1.807, 2.05) is 76.2 Å². The third-order valence-electron chi connectivity index (χ3n) is 9.12. The van der Waals surface area contributed by atoms with Crippen molar-refractivity contribution in [1.82, 2.24) is 20.3 Å². The zero-order valence-electron chi connectivity index (χ0n) is 28.2. The molecule has 2 aromatic carbocycles. The number of ether oxygens (including phenoxy) is 2. The molecule has 11 heteroatoms. The van der Waals surface area contributed by atoms with Crippen molar-refractivity contribution < 1.29 is 22.7 Å². The number of pyridine rings is 1. The SMILES string of the molecule is Cc1cc(CS(=O)(=O)C2CCCC2)c2ccccc2c1Oc1ncccc1-c1ccnc(NC2CCC(NC(=O)OC(C)(C)C)CC2)n1. The highest BCUT2D eigenvalue weighted by Crippen LogP contribution is 2.39. The molecule has 6 rings (SSSR count). The van der Waals surface area contributed by atoms with E-state index in [0.717, 1.165) is 73.3 Å². The summed E-state index contributed by atoms with van der Waals surface area (Å²) in [5, 5.41) is 7.91. The van der Waals surface area contributed by atoms with Crippen molar-refractivity contribution in [2.75, 3.05) is 5.32 Å². The van der Waals surface area contributed by atoms with Gasteiger partial charge in [0.05, 0.1) is 22.3 Å². The van der Waals surface area contributed by atoms with Gasteiger partial charge in [-0.2, -0.15) is 0 Å². The van der Waals surface area contributed by atoms with Crippen LogP contribution in [0.1, 0.15) is 83.3 Å². The van der Waals surface area contributed by atoms with E-state index in [9.17, 15) is 13.2 Å². The highest BCUT2D eigenvalue weighted by atomic mass is 32.2. The smallest absolute Gasteiger partial charge is 0.407 e. The zero-order valence-corrected chi connectivity index (χ0v) is 29.0. The van der Waals surface area contributed by atoms with Gasteiger partial charge in [-0.3, -0.25) is 0 Å². The molecule has 0 saturated heterocycles. The summed E-state index contributed by atoms with van der Waals surface area (Å²) in [6.07, 6.45) is 9.85. The van der Waals surface area contributed by atoms with Crippen LogP contribution in [0, 0.1) is 6.92 Å². The summed E-state index contributed by atoms with van der Waals surface area (Å²) in [6, 6.07) is 15.6. The van der Waals surface area contributed by atoms with Crippen molar-refractivity contribution in [3.8, 4) is 22.9 Å². The van der Waals surface area contributed by atoms with Crippen molar-refractivity contribution in [2.45, 2.75) is 108 Å². The van der Waals surface area contributed by atoms with Gasteiger partial charge in [0, 0.05) is 29.9 Å². The first-order chi connectivity index (χ1) is 22.9. The minimum absolute atomic E-state index is 0.0206. The normalized spacial score (nSPS) is 18.8. The molecule has 0 unspecified atom stereocenters. The summed E-state index contributed by atoms with van der Waals surface area (Å²) in [7, 11) is -3.26. The molecule has 2 fully saturated rings. The molecule has 2 aliphatic carbocycles. The van der Waals surface area contributed by atoms with Gasteiger partial charge in [-0.1, -0.05) is 43.2 Å². The minimum Gasteiger partial charge on any atom is -0.444 e. The first-order valence-electron chi connectivity index (χ1n) is 16.9. The fraction of sp³-hybridized carbons (Fsp3) is 0.459. The largest absolute Gasteiger partial charge is 0.444 e. The van der Waals surface area contributed by atoms with Crippen molar-refractivity contribution >= 4 is 32.7 Å². The lowest BCUT2D eigenvalue weighted by Gasteiger charge is -2.30. The molecule has 254 valence electrons. The van der Waals surface area contributed by atoms with Gasteiger partial charge in [-0.15, -0.1) is 0 Å². The molecule has 0 bridgehead atoms. The van der Waals surface area contributed by atoms with Crippen LogP contribution in [0.5, 0.6) is 11.6 Å². The molecule has 4 aromatic rings. The Morgan fingerprint density at radius 2 is 1.60 bits per heavy atom. The van der Waals surface area contributed by atoms with Crippen LogP contribution in [-0.2, 0) is 20.3 Å². The number of nitrogens with zero attached hydrogens (tertiary/aromatic N) is 3. The second-order valence-corrected chi connectivity index (χ2v) is 16.3. The van der Waals surface area contributed by atoms with Gasteiger partial charge in [0.2, 0.25) is 11.8 Å². The number of nitrogens with one attached hydrogen (secondary N) is 2. The van der Waals surface area contributed by atoms with Gasteiger partial charge in [0.25, 0.3) is 0 Å². The molecule has 2 N–H and O–H groups in total. The second-order valence-electron chi connectivity index (χ2n) is 14.0. The summed E-state index contributed by atoms with van der Waals surface area (Å²) in [5.74, 6) is 1.57. The topological polar surface area (TPSA) is 132 Å². The number of alkyl carbamates (subject to hydrolysis) is 1. The lowest BCUT2D eigenvalue weighted by molar-refractivity contribution is 0.0492. The number of rotatable bonds is 9. The standard InChI is InChI=1S/C37H45N5O5S/c1-24-22-25(23-48(44,45)28-10-5-6-11-28)29-12-7-8-13-30(29)33(24)46-34-31(14-9-20-38-34)32-19-21-39-35(42-32)40-26-15-17-27(18-16-26)41-36(43)47-37(2,3)4/h7-9,12-14,19-22,26-28H,5-6,10-11,15-18,23H2,1-4H3,(H,41,43)(H,39,40,42). The molecular formula is C37H45N5O5S. The first-order valence-corrected chi connectivity index (χ1v) is 18.6. The Balaban J connectivity index is 1.18. The molecule has 2 aliphatic rings. The van der Waals surface area contributed by atoms with Gasteiger partial charge in [-0.05, 0) is 101 Å². The van der Waals surface area contributed by atoms with E-state index < -0.39 is 15.4 Å². The fourth-order valence-corrected chi connectivity index (χ4v) is 8.76. The van der Waals surface area contributed by atoms with E-state index in [2.05, 4.69) is 20.6 Å². The molecule has 2 heterocycles. The van der Waals surface area contributed by atoms with Crippen LogP contribution in [0.2, 0.25) is 0 Å². The highest BCUT2D eigenvalue weighted by Gasteiger charge is 2.30. The second kappa shape index (κ2) is 14.1. The Kier molecular flexibility index (Phi) is 9.87. The quantitative estimate of drug-likeness (QED) is 0.182. The van der Waals surface area contributed by atoms with Crippen molar-refractivity contribution in [1.29, 1.82) is 0 Å². The predicted octanol–water partition coefficient (Wildman–Crippen LogP) is 7.90. The van der Waals surface area contributed by atoms with Crippen LogP contribution in [0.4, 0.5) is 10.7 Å². The molecule has 1 amide bonds. The van der Waals surface area contributed by atoms with Gasteiger partial charge >= 0.3 is 6.09 Å². The summed E-state index contributed by atoms with van der Waals surface area (Å²) in [5.41, 5.74) is 2.48. The summed E-state index contributed by atoms with van der Waals surface area (Å²) in [6.45, 7) is 7.52. The van der Waals surface area contributed by atoms with E-state index in [1.54, 1.807) is 12.4 Å². The number of hydrogen-bond acceptors (Lipinski definition) is 9. The summed E-state index contributed by atoms with van der Waals surface area (Å²) >= 11 is 0. The number of carbonyl (C=O) groups is 1. The molecule has 2 saturated carbocycles.